The summed E-state index contributed by atoms with van der Waals surface area (Å²) in [7, 11) is 0. The third kappa shape index (κ3) is 2.92. The largest absolute Gasteiger partial charge is 0.476 e. The van der Waals surface area contributed by atoms with Gasteiger partial charge in [-0.2, -0.15) is 0 Å². The molecule has 18 heavy (non-hydrogen) atoms. The summed E-state index contributed by atoms with van der Waals surface area (Å²) in [5, 5.41) is 15.4. The number of hydrogen-bond donors (Lipinski definition) is 2. The normalized spacial score (nSPS) is 12.3. The van der Waals surface area contributed by atoms with Gasteiger partial charge < -0.3 is 14.9 Å². The molecule has 0 fully saturated rings. The Morgan fingerprint density at radius 1 is 1.50 bits per heavy atom. The van der Waals surface area contributed by atoms with Crippen molar-refractivity contribution >= 4 is 5.97 Å². The molecule has 0 saturated carbocycles. The molecule has 1 unspecified atom stereocenters. The molecule has 0 radical (unpaired) electrons. The standard InChI is InChI=1S/C12H13N3O3/c1-8(9-2-4-13-5-3-9)14-7-10-6-11(12(16)17)15-18-10/h2-6,8,14H,7H2,1H3,(H,16,17). The van der Waals surface area contributed by atoms with E-state index in [4.69, 9.17) is 9.63 Å². The van der Waals surface area contributed by atoms with Crippen LogP contribution in [-0.4, -0.2) is 21.2 Å². The number of nitrogens with one attached hydrogen (secondary N) is 1. The molecule has 2 aromatic rings. The van der Waals surface area contributed by atoms with Gasteiger partial charge in [0.1, 0.15) is 0 Å². The van der Waals surface area contributed by atoms with Gasteiger partial charge in [-0.15, -0.1) is 0 Å². The van der Waals surface area contributed by atoms with Crippen LogP contribution in [0.1, 0.15) is 34.8 Å². The topological polar surface area (TPSA) is 88.2 Å². The molecule has 0 aliphatic rings. The SMILES string of the molecule is CC(NCc1cc(C(=O)O)no1)c1ccncc1. The number of nitrogens with zero attached hydrogens (tertiary/aromatic N) is 2. The van der Waals surface area contributed by atoms with Crippen LogP contribution in [0.25, 0.3) is 0 Å². The molecule has 2 rings (SSSR count). The summed E-state index contributed by atoms with van der Waals surface area (Å²) >= 11 is 0. The minimum Gasteiger partial charge on any atom is -0.476 e. The van der Waals surface area contributed by atoms with Crippen LogP contribution in [0.3, 0.4) is 0 Å². The Balaban J connectivity index is 1.93. The van der Waals surface area contributed by atoms with Crippen molar-refractivity contribution in [3.63, 3.8) is 0 Å². The first kappa shape index (κ1) is 12.3. The van der Waals surface area contributed by atoms with E-state index in [1.54, 1.807) is 12.4 Å². The average Bonchev–Trinajstić information content (AvgIpc) is 2.86. The van der Waals surface area contributed by atoms with Crippen molar-refractivity contribution in [2.45, 2.75) is 19.5 Å². The van der Waals surface area contributed by atoms with Crippen LogP contribution in [0.2, 0.25) is 0 Å². The number of aromatic nitrogens is 2. The summed E-state index contributed by atoms with van der Waals surface area (Å²) in [6.07, 6.45) is 3.45. The molecule has 1 atom stereocenters. The predicted octanol–water partition coefficient (Wildman–Crippen LogP) is 1.62. The van der Waals surface area contributed by atoms with Crippen LogP contribution in [0.15, 0.2) is 35.1 Å². The van der Waals surface area contributed by atoms with Gasteiger partial charge in [0.05, 0.1) is 6.54 Å². The van der Waals surface area contributed by atoms with E-state index in [0.29, 0.717) is 12.3 Å². The zero-order chi connectivity index (χ0) is 13.0. The first-order valence-electron chi connectivity index (χ1n) is 5.49. The maximum absolute atomic E-state index is 10.6. The van der Waals surface area contributed by atoms with Crippen molar-refractivity contribution < 1.29 is 14.4 Å². The van der Waals surface area contributed by atoms with E-state index in [1.807, 2.05) is 19.1 Å². The average molecular weight is 247 g/mol. The second kappa shape index (κ2) is 5.42. The Hall–Kier alpha value is -2.21. The second-order valence-corrected chi connectivity index (χ2v) is 3.87. The minimum absolute atomic E-state index is 0.0802. The summed E-state index contributed by atoms with van der Waals surface area (Å²) in [5.41, 5.74) is 1.02. The lowest BCUT2D eigenvalue weighted by molar-refractivity contribution is 0.0685. The number of carbonyl (C=O) groups is 1. The molecular weight excluding hydrogens is 234 g/mol. The van der Waals surface area contributed by atoms with E-state index in [2.05, 4.69) is 15.5 Å². The van der Waals surface area contributed by atoms with Crippen LogP contribution >= 0.6 is 0 Å². The van der Waals surface area contributed by atoms with E-state index in [0.717, 1.165) is 5.56 Å². The molecule has 0 amide bonds. The van der Waals surface area contributed by atoms with Gasteiger partial charge in [-0.3, -0.25) is 4.98 Å². The molecular formula is C12H13N3O3. The highest BCUT2D eigenvalue weighted by atomic mass is 16.5. The number of rotatable bonds is 5. The van der Waals surface area contributed by atoms with E-state index in [1.165, 1.54) is 6.07 Å². The van der Waals surface area contributed by atoms with E-state index >= 15 is 0 Å². The van der Waals surface area contributed by atoms with Crippen LogP contribution in [-0.2, 0) is 6.54 Å². The van der Waals surface area contributed by atoms with Gasteiger partial charge in [-0.05, 0) is 24.6 Å². The lowest BCUT2D eigenvalue weighted by Gasteiger charge is -2.12. The van der Waals surface area contributed by atoms with Crippen LogP contribution in [0.4, 0.5) is 0 Å². The Kier molecular flexibility index (Phi) is 3.69. The van der Waals surface area contributed by atoms with Crippen molar-refractivity contribution in [3.8, 4) is 0 Å². The summed E-state index contributed by atoms with van der Waals surface area (Å²) < 4.78 is 4.91. The third-order valence-electron chi connectivity index (χ3n) is 2.57. The molecule has 6 heteroatoms. The van der Waals surface area contributed by atoms with Gasteiger partial charge in [0.2, 0.25) is 0 Å². The highest BCUT2D eigenvalue weighted by Gasteiger charge is 2.11. The Labute approximate surface area is 104 Å². The van der Waals surface area contributed by atoms with Crippen molar-refractivity contribution in [1.82, 2.24) is 15.5 Å². The third-order valence-corrected chi connectivity index (χ3v) is 2.57. The fourth-order valence-electron chi connectivity index (χ4n) is 1.52. The fraction of sp³-hybridized carbons (Fsp3) is 0.250. The Morgan fingerprint density at radius 2 is 2.22 bits per heavy atom. The smallest absolute Gasteiger partial charge is 0.358 e. The highest BCUT2D eigenvalue weighted by molar-refractivity contribution is 5.85. The molecule has 2 aromatic heterocycles. The highest BCUT2D eigenvalue weighted by Crippen LogP contribution is 2.12. The van der Waals surface area contributed by atoms with Gasteiger partial charge in [0.25, 0.3) is 0 Å². The summed E-state index contributed by atoms with van der Waals surface area (Å²) in [6, 6.07) is 5.36. The van der Waals surface area contributed by atoms with E-state index < -0.39 is 5.97 Å². The van der Waals surface area contributed by atoms with Crippen LogP contribution in [0, 0.1) is 0 Å². The quantitative estimate of drug-likeness (QED) is 0.834. The summed E-state index contributed by atoms with van der Waals surface area (Å²) in [4.78, 5) is 14.6. The van der Waals surface area contributed by atoms with Crippen LogP contribution in [0.5, 0.6) is 0 Å². The number of aromatic carboxylic acids is 1. The molecule has 0 aromatic carbocycles. The minimum atomic E-state index is -1.09. The Morgan fingerprint density at radius 3 is 2.83 bits per heavy atom. The van der Waals surface area contributed by atoms with E-state index in [-0.39, 0.29) is 11.7 Å². The molecule has 0 spiro atoms. The van der Waals surface area contributed by atoms with Crippen LogP contribution < -0.4 is 5.32 Å². The van der Waals surface area contributed by atoms with Gasteiger partial charge in [0, 0.05) is 24.5 Å². The molecule has 6 nitrogen and oxygen atoms in total. The van der Waals surface area contributed by atoms with Crippen molar-refractivity contribution in [2.75, 3.05) is 0 Å². The summed E-state index contributed by atoms with van der Waals surface area (Å²) in [6.45, 7) is 2.42. The fourth-order valence-corrected chi connectivity index (χ4v) is 1.52. The number of carboxylic acids is 1. The lowest BCUT2D eigenvalue weighted by Crippen LogP contribution is -2.17. The van der Waals surface area contributed by atoms with Gasteiger partial charge in [0.15, 0.2) is 11.5 Å². The monoisotopic (exact) mass is 247 g/mol. The zero-order valence-corrected chi connectivity index (χ0v) is 9.83. The number of carboxylic acid groups (broad SMARTS) is 1. The summed E-state index contributed by atoms with van der Waals surface area (Å²) in [5.74, 6) is -0.597. The molecule has 0 saturated heterocycles. The van der Waals surface area contributed by atoms with Crippen molar-refractivity contribution in [1.29, 1.82) is 0 Å². The van der Waals surface area contributed by atoms with E-state index in [9.17, 15) is 4.79 Å². The van der Waals surface area contributed by atoms with Crippen molar-refractivity contribution in [3.05, 3.63) is 47.6 Å². The molecule has 2 N–H and O–H groups in total. The van der Waals surface area contributed by atoms with Crippen molar-refractivity contribution in [2.24, 2.45) is 0 Å². The van der Waals surface area contributed by atoms with Gasteiger partial charge >= 0.3 is 5.97 Å². The second-order valence-electron chi connectivity index (χ2n) is 3.87. The first-order chi connectivity index (χ1) is 8.66. The number of pyridine rings is 1. The molecule has 2 heterocycles. The maximum atomic E-state index is 10.6. The predicted molar refractivity (Wildman–Crippen MR) is 63.0 cm³/mol. The molecule has 0 bridgehead atoms. The number of hydrogen-bond acceptors (Lipinski definition) is 5. The van der Waals surface area contributed by atoms with Gasteiger partial charge in [-0.25, -0.2) is 4.79 Å². The first-order valence-corrected chi connectivity index (χ1v) is 5.49. The van der Waals surface area contributed by atoms with Gasteiger partial charge in [-0.1, -0.05) is 5.16 Å². The zero-order valence-electron chi connectivity index (χ0n) is 9.83. The molecule has 0 aliphatic heterocycles. The Bertz CT molecular complexity index is 524. The lowest BCUT2D eigenvalue weighted by atomic mass is 10.1. The molecule has 0 aliphatic carbocycles. The molecule has 94 valence electrons. The maximum Gasteiger partial charge on any atom is 0.358 e.